The molecule has 0 radical (unpaired) electrons. The van der Waals surface area contributed by atoms with Crippen LogP contribution in [0.5, 0.6) is 0 Å². The Balaban J connectivity index is 1.91. The summed E-state index contributed by atoms with van der Waals surface area (Å²) in [5, 5.41) is 2.83. The molecule has 2 heterocycles. The number of hydrogen-bond donors (Lipinski definition) is 1. The van der Waals surface area contributed by atoms with Crippen LogP contribution in [0.3, 0.4) is 0 Å². The molecule has 6 heteroatoms. The highest BCUT2D eigenvalue weighted by Gasteiger charge is 2.43. The van der Waals surface area contributed by atoms with Crippen molar-refractivity contribution in [1.29, 1.82) is 0 Å². The predicted octanol–water partition coefficient (Wildman–Crippen LogP) is 2.19. The van der Waals surface area contributed by atoms with Gasteiger partial charge in [-0.15, -0.1) is 6.58 Å². The number of carbonyl (C=O) groups excluding carboxylic acids is 2. The number of nitrogens with one attached hydrogen (secondary N) is 1. The summed E-state index contributed by atoms with van der Waals surface area (Å²) in [4.78, 5) is 26.6. The van der Waals surface area contributed by atoms with Crippen LogP contribution in [0.25, 0.3) is 0 Å². The van der Waals surface area contributed by atoms with E-state index < -0.39 is 6.04 Å². The maximum atomic E-state index is 12.7. The minimum absolute atomic E-state index is 0.128. The Morgan fingerprint density at radius 3 is 3.05 bits per heavy atom. The quantitative estimate of drug-likeness (QED) is 0.850. The molecule has 110 valence electrons. The van der Waals surface area contributed by atoms with Crippen molar-refractivity contribution in [2.45, 2.75) is 18.6 Å². The number of carbonyl (C=O) groups is 2. The maximum absolute atomic E-state index is 12.7. The van der Waals surface area contributed by atoms with E-state index in [0.29, 0.717) is 30.8 Å². The van der Waals surface area contributed by atoms with Gasteiger partial charge in [-0.05, 0) is 18.2 Å². The molecule has 0 saturated carbocycles. The van der Waals surface area contributed by atoms with Crippen molar-refractivity contribution in [3.05, 3.63) is 40.9 Å². The van der Waals surface area contributed by atoms with Gasteiger partial charge in [0.1, 0.15) is 6.04 Å². The molecule has 0 aliphatic carbocycles. The molecular weight excluding hydrogens is 336 g/mol. The number of rotatable bonds is 3. The van der Waals surface area contributed by atoms with E-state index in [-0.39, 0.29) is 17.9 Å². The SMILES string of the molecule is C=CCO[C@H]1C[C@@H]2C(=O)Nc3ccc(Br)cc3C(=O)N2C1. The van der Waals surface area contributed by atoms with Gasteiger partial charge in [0.05, 0.1) is 24.0 Å². The number of benzene rings is 1. The number of amides is 2. The average molecular weight is 351 g/mol. The van der Waals surface area contributed by atoms with Crippen LogP contribution in [0.15, 0.2) is 35.3 Å². The van der Waals surface area contributed by atoms with E-state index in [4.69, 9.17) is 4.74 Å². The molecule has 1 aromatic carbocycles. The zero-order valence-corrected chi connectivity index (χ0v) is 12.9. The van der Waals surface area contributed by atoms with Crippen LogP contribution < -0.4 is 5.32 Å². The zero-order valence-electron chi connectivity index (χ0n) is 11.3. The van der Waals surface area contributed by atoms with Crippen LogP contribution in [-0.4, -0.2) is 42.0 Å². The van der Waals surface area contributed by atoms with Crippen molar-refractivity contribution in [2.75, 3.05) is 18.5 Å². The highest BCUT2D eigenvalue weighted by Crippen LogP contribution is 2.31. The van der Waals surface area contributed by atoms with Gasteiger partial charge in [0, 0.05) is 17.4 Å². The average Bonchev–Trinajstić information content (AvgIpc) is 2.87. The van der Waals surface area contributed by atoms with E-state index in [1.807, 2.05) is 0 Å². The number of nitrogens with zero attached hydrogens (tertiary/aromatic N) is 1. The third-order valence-corrected chi connectivity index (χ3v) is 4.24. The van der Waals surface area contributed by atoms with Crippen molar-refractivity contribution in [3.8, 4) is 0 Å². The van der Waals surface area contributed by atoms with Crippen LogP contribution in [0, 0.1) is 0 Å². The first kappa shape index (κ1) is 14.3. The third kappa shape index (κ3) is 2.61. The molecule has 2 aliphatic heterocycles. The van der Waals surface area contributed by atoms with Crippen molar-refractivity contribution in [2.24, 2.45) is 0 Å². The van der Waals surface area contributed by atoms with Gasteiger partial charge in [-0.1, -0.05) is 22.0 Å². The molecule has 1 N–H and O–H groups in total. The molecule has 0 aromatic heterocycles. The van der Waals surface area contributed by atoms with Crippen molar-refractivity contribution in [3.63, 3.8) is 0 Å². The lowest BCUT2D eigenvalue weighted by molar-refractivity contribution is -0.119. The van der Waals surface area contributed by atoms with Crippen molar-refractivity contribution in [1.82, 2.24) is 4.90 Å². The second kappa shape index (κ2) is 5.61. The predicted molar refractivity (Wildman–Crippen MR) is 82.2 cm³/mol. The van der Waals surface area contributed by atoms with Crippen molar-refractivity contribution >= 4 is 33.4 Å². The fourth-order valence-electron chi connectivity index (χ4n) is 2.77. The number of anilines is 1. The Labute approximate surface area is 131 Å². The molecule has 3 rings (SSSR count). The van der Waals surface area contributed by atoms with E-state index >= 15 is 0 Å². The second-order valence-corrected chi connectivity index (χ2v) is 6.05. The summed E-state index contributed by atoms with van der Waals surface area (Å²) in [6.07, 6.45) is 2.05. The largest absolute Gasteiger partial charge is 0.372 e. The Morgan fingerprint density at radius 1 is 1.48 bits per heavy atom. The van der Waals surface area contributed by atoms with Gasteiger partial charge in [-0.25, -0.2) is 0 Å². The van der Waals surface area contributed by atoms with Gasteiger partial charge >= 0.3 is 0 Å². The van der Waals surface area contributed by atoms with Crippen LogP contribution in [0.2, 0.25) is 0 Å². The Hall–Kier alpha value is -1.66. The van der Waals surface area contributed by atoms with Crippen LogP contribution in [0.4, 0.5) is 5.69 Å². The number of fused-ring (bicyclic) bond motifs is 2. The lowest BCUT2D eigenvalue weighted by atomic mass is 10.1. The number of ether oxygens (including phenoxy) is 1. The molecule has 1 aromatic rings. The van der Waals surface area contributed by atoms with Gasteiger partial charge in [0.2, 0.25) is 5.91 Å². The molecule has 2 amide bonds. The highest BCUT2D eigenvalue weighted by atomic mass is 79.9. The first-order valence-corrected chi connectivity index (χ1v) is 7.53. The Morgan fingerprint density at radius 2 is 2.29 bits per heavy atom. The van der Waals surface area contributed by atoms with Gasteiger partial charge < -0.3 is 15.0 Å². The lowest BCUT2D eigenvalue weighted by Gasteiger charge is -2.19. The van der Waals surface area contributed by atoms with Crippen molar-refractivity contribution < 1.29 is 14.3 Å². The summed E-state index contributed by atoms with van der Waals surface area (Å²) < 4.78 is 6.40. The molecule has 0 bridgehead atoms. The van der Waals surface area contributed by atoms with Gasteiger partial charge in [-0.3, -0.25) is 9.59 Å². The molecule has 2 atom stereocenters. The van der Waals surface area contributed by atoms with Gasteiger partial charge in [0.15, 0.2) is 0 Å². The summed E-state index contributed by atoms with van der Waals surface area (Å²) in [6.45, 7) is 4.45. The zero-order chi connectivity index (χ0) is 15.0. The molecule has 1 fully saturated rings. The smallest absolute Gasteiger partial charge is 0.256 e. The summed E-state index contributed by atoms with van der Waals surface area (Å²) in [7, 11) is 0. The van der Waals surface area contributed by atoms with E-state index in [1.54, 1.807) is 29.2 Å². The molecule has 0 spiro atoms. The van der Waals surface area contributed by atoms with E-state index in [1.165, 1.54) is 0 Å². The summed E-state index contributed by atoms with van der Waals surface area (Å²) in [5.74, 6) is -0.298. The summed E-state index contributed by atoms with van der Waals surface area (Å²) in [5.41, 5.74) is 1.07. The van der Waals surface area contributed by atoms with Crippen LogP contribution in [0.1, 0.15) is 16.8 Å². The molecular formula is C15H15BrN2O3. The van der Waals surface area contributed by atoms with E-state index in [9.17, 15) is 9.59 Å². The maximum Gasteiger partial charge on any atom is 0.256 e. The third-order valence-electron chi connectivity index (χ3n) is 3.75. The molecule has 0 unspecified atom stereocenters. The molecule has 5 nitrogen and oxygen atoms in total. The fourth-order valence-corrected chi connectivity index (χ4v) is 3.13. The standard InChI is InChI=1S/C15H15BrN2O3/c1-2-5-21-10-7-13-14(19)17-12-4-3-9(16)6-11(12)15(20)18(13)8-10/h2-4,6,10,13H,1,5,7-8H2,(H,17,19)/t10-,13+/m0/s1. The van der Waals surface area contributed by atoms with E-state index in [0.717, 1.165) is 4.47 Å². The number of hydrogen-bond acceptors (Lipinski definition) is 3. The summed E-state index contributed by atoms with van der Waals surface area (Å²) in [6, 6.07) is 4.80. The fraction of sp³-hybridized carbons (Fsp3) is 0.333. The minimum atomic E-state index is -0.474. The van der Waals surface area contributed by atoms with Gasteiger partial charge in [-0.2, -0.15) is 0 Å². The first-order valence-electron chi connectivity index (χ1n) is 6.74. The topological polar surface area (TPSA) is 58.6 Å². The summed E-state index contributed by atoms with van der Waals surface area (Å²) >= 11 is 3.36. The first-order chi connectivity index (χ1) is 10.1. The molecule has 2 aliphatic rings. The second-order valence-electron chi connectivity index (χ2n) is 5.13. The van der Waals surface area contributed by atoms with Gasteiger partial charge in [0.25, 0.3) is 5.91 Å². The normalized spacial score (nSPS) is 24.1. The monoisotopic (exact) mass is 350 g/mol. The Bertz CT molecular complexity index is 617. The highest BCUT2D eigenvalue weighted by molar-refractivity contribution is 9.10. The molecule has 21 heavy (non-hydrogen) atoms. The Kier molecular flexibility index (Phi) is 3.82. The molecule has 1 saturated heterocycles. The number of halogens is 1. The lowest BCUT2D eigenvalue weighted by Crippen LogP contribution is -2.40. The van der Waals surface area contributed by atoms with Crippen LogP contribution >= 0.6 is 15.9 Å². The minimum Gasteiger partial charge on any atom is -0.372 e. The van der Waals surface area contributed by atoms with E-state index in [2.05, 4.69) is 27.8 Å². The van der Waals surface area contributed by atoms with Crippen LogP contribution in [-0.2, 0) is 9.53 Å².